The average molecular weight is 441 g/mol. The molecule has 0 bridgehead atoms. The minimum absolute atomic E-state index is 0.147. The van der Waals surface area contributed by atoms with E-state index in [1.54, 1.807) is 19.2 Å². The number of anilines is 1. The molecule has 1 aromatic heterocycles. The molecule has 4 rings (SSSR count). The summed E-state index contributed by atoms with van der Waals surface area (Å²) in [5.41, 5.74) is 2.07. The molecule has 170 valence electrons. The van der Waals surface area contributed by atoms with E-state index in [1.807, 2.05) is 30.3 Å². The Morgan fingerprint density at radius 1 is 1.06 bits per heavy atom. The minimum atomic E-state index is -0.251. The summed E-state index contributed by atoms with van der Waals surface area (Å²) in [6.45, 7) is 4.19. The van der Waals surface area contributed by atoms with Crippen LogP contribution in [0.1, 0.15) is 29.5 Å². The van der Waals surface area contributed by atoms with Crippen LogP contribution in [0.3, 0.4) is 0 Å². The van der Waals surface area contributed by atoms with Crippen LogP contribution in [0, 0.1) is 5.82 Å². The molecule has 0 spiro atoms. The summed E-state index contributed by atoms with van der Waals surface area (Å²) in [6, 6.07) is 16.5. The van der Waals surface area contributed by atoms with E-state index in [0.717, 1.165) is 35.9 Å². The molecule has 0 radical (unpaired) electrons. The van der Waals surface area contributed by atoms with Crippen LogP contribution >= 0.6 is 0 Å². The Bertz CT molecular complexity index is 965. The highest BCUT2D eigenvalue weighted by atomic mass is 19.1. The molecule has 1 fully saturated rings. The first kappa shape index (κ1) is 22.4. The van der Waals surface area contributed by atoms with E-state index in [2.05, 4.69) is 19.7 Å². The number of hydrogen-bond acceptors (Lipinski definition) is 6. The van der Waals surface area contributed by atoms with Crippen molar-refractivity contribution in [2.45, 2.75) is 32.3 Å². The summed E-state index contributed by atoms with van der Waals surface area (Å²) in [5.74, 6) is 1.34. The van der Waals surface area contributed by atoms with E-state index < -0.39 is 0 Å². The van der Waals surface area contributed by atoms with Gasteiger partial charge >= 0.3 is 0 Å². The van der Waals surface area contributed by atoms with Crippen molar-refractivity contribution in [2.75, 3.05) is 38.3 Å². The molecule has 1 aliphatic heterocycles. The molecule has 2 aromatic carbocycles. The van der Waals surface area contributed by atoms with Gasteiger partial charge in [0.2, 0.25) is 5.95 Å². The molecule has 0 saturated carbocycles. The summed E-state index contributed by atoms with van der Waals surface area (Å²) in [6.07, 6.45) is 0.699. The van der Waals surface area contributed by atoms with Crippen molar-refractivity contribution >= 4 is 5.95 Å². The van der Waals surface area contributed by atoms with Gasteiger partial charge in [0.15, 0.2) is 5.82 Å². The van der Waals surface area contributed by atoms with Crippen LogP contribution in [0.5, 0.6) is 0 Å². The van der Waals surface area contributed by atoms with Crippen molar-refractivity contribution in [1.29, 1.82) is 0 Å². The van der Waals surface area contributed by atoms with Crippen molar-refractivity contribution in [1.82, 2.24) is 14.8 Å². The molecule has 0 N–H and O–H groups in total. The van der Waals surface area contributed by atoms with Gasteiger partial charge < -0.3 is 19.1 Å². The molecule has 1 aliphatic rings. The van der Waals surface area contributed by atoms with E-state index in [1.165, 1.54) is 12.1 Å². The lowest BCUT2D eigenvalue weighted by Crippen LogP contribution is -2.40. The Hall–Kier alpha value is -2.81. The summed E-state index contributed by atoms with van der Waals surface area (Å²) < 4.78 is 32.5. The molecular formula is C24H29FN4O3. The first-order chi connectivity index (χ1) is 15.7. The molecule has 3 aromatic rings. The first-order valence-corrected chi connectivity index (χ1v) is 10.9. The molecule has 1 saturated heterocycles. The lowest BCUT2D eigenvalue weighted by Gasteiger charge is -2.34. The van der Waals surface area contributed by atoms with Gasteiger partial charge in [0.1, 0.15) is 18.5 Å². The maximum Gasteiger partial charge on any atom is 0.227 e. The molecule has 32 heavy (non-hydrogen) atoms. The minimum Gasteiger partial charge on any atom is -0.385 e. The Morgan fingerprint density at radius 3 is 2.66 bits per heavy atom. The highest BCUT2D eigenvalue weighted by molar-refractivity contribution is 5.34. The lowest BCUT2D eigenvalue weighted by atomic mass is 10.1. The number of nitrogens with zero attached hydrogens (tertiary/aromatic N) is 4. The van der Waals surface area contributed by atoms with Gasteiger partial charge in [-0.15, -0.1) is 10.2 Å². The monoisotopic (exact) mass is 440 g/mol. The number of morpholine rings is 1. The maximum atomic E-state index is 13.3. The smallest absolute Gasteiger partial charge is 0.227 e. The normalized spacial score (nSPS) is 16.4. The van der Waals surface area contributed by atoms with E-state index in [0.29, 0.717) is 39.5 Å². The fourth-order valence-corrected chi connectivity index (χ4v) is 3.81. The highest BCUT2D eigenvalue weighted by Gasteiger charge is 2.26. The zero-order valence-electron chi connectivity index (χ0n) is 18.3. The summed E-state index contributed by atoms with van der Waals surface area (Å²) >= 11 is 0. The van der Waals surface area contributed by atoms with E-state index in [4.69, 9.17) is 14.2 Å². The molecule has 2 heterocycles. The summed E-state index contributed by atoms with van der Waals surface area (Å²) in [4.78, 5) is 2.18. The molecule has 0 amide bonds. The van der Waals surface area contributed by atoms with Gasteiger partial charge in [0.05, 0.1) is 19.8 Å². The summed E-state index contributed by atoms with van der Waals surface area (Å²) in [5, 5.41) is 8.91. The van der Waals surface area contributed by atoms with Crippen LogP contribution in [0.4, 0.5) is 10.3 Å². The zero-order valence-corrected chi connectivity index (χ0v) is 18.3. The second kappa shape index (κ2) is 11.2. The highest BCUT2D eigenvalue weighted by Crippen LogP contribution is 2.26. The second-order valence-electron chi connectivity index (χ2n) is 7.75. The van der Waals surface area contributed by atoms with Gasteiger partial charge in [-0.05, 0) is 29.7 Å². The number of halogens is 1. The van der Waals surface area contributed by atoms with Crippen molar-refractivity contribution < 1.29 is 18.6 Å². The standard InChI is InChI=1S/C24H29FN4O3/c1-30-14-5-12-29-23(18-31-17-19-6-3-2-4-7-19)26-27-24(29)28-13-15-32-22(16-28)20-8-10-21(25)11-9-20/h2-4,6-11,22H,5,12-18H2,1H3/t22-/m1/s1. The Kier molecular flexibility index (Phi) is 7.82. The summed E-state index contributed by atoms with van der Waals surface area (Å²) in [7, 11) is 1.70. The average Bonchev–Trinajstić information content (AvgIpc) is 3.23. The largest absolute Gasteiger partial charge is 0.385 e. The van der Waals surface area contributed by atoms with Crippen molar-refractivity contribution in [3.8, 4) is 0 Å². The predicted octanol–water partition coefficient (Wildman–Crippen LogP) is 3.75. The van der Waals surface area contributed by atoms with E-state index >= 15 is 0 Å². The van der Waals surface area contributed by atoms with Crippen LogP contribution in [0.2, 0.25) is 0 Å². The van der Waals surface area contributed by atoms with Crippen molar-refractivity contribution in [3.63, 3.8) is 0 Å². The molecule has 0 aliphatic carbocycles. The van der Waals surface area contributed by atoms with E-state index in [-0.39, 0.29) is 11.9 Å². The SMILES string of the molecule is COCCCn1c(COCc2ccccc2)nnc1N1CCO[C@@H](c2ccc(F)cc2)C1. The van der Waals surface area contributed by atoms with Crippen LogP contribution in [-0.2, 0) is 34.0 Å². The Morgan fingerprint density at radius 2 is 1.88 bits per heavy atom. The number of benzene rings is 2. The van der Waals surface area contributed by atoms with Gasteiger partial charge in [-0.25, -0.2) is 4.39 Å². The Balaban J connectivity index is 1.47. The molecular weight excluding hydrogens is 411 g/mol. The lowest BCUT2D eigenvalue weighted by molar-refractivity contribution is 0.0388. The zero-order chi connectivity index (χ0) is 22.2. The molecule has 1 atom stereocenters. The number of rotatable bonds is 10. The van der Waals surface area contributed by atoms with Crippen molar-refractivity contribution in [3.05, 3.63) is 77.4 Å². The number of hydrogen-bond donors (Lipinski definition) is 0. The third kappa shape index (κ3) is 5.70. The van der Waals surface area contributed by atoms with Gasteiger partial charge in [0.25, 0.3) is 0 Å². The molecule has 7 nitrogen and oxygen atoms in total. The van der Waals surface area contributed by atoms with Gasteiger partial charge in [0, 0.05) is 26.8 Å². The first-order valence-electron chi connectivity index (χ1n) is 10.9. The second-order valence-corrected chi connectivity index (χ2v) is 7.75. The fraction of sp³-hybridized carbons (Fsp3) is 0.417. The molecule has 0 unspecified atom stereocenters. The molecule has 8 heteroatoms. The number of aromatic nitrogens is 3. The maximum absolute atomic E-state index is 13.3. The van der Waals surface area contributed by atoms with Crippen LogP contribution in [0.25, 0.3) is 0 Å². The van der Waals surface area contributed by atoms with Crippen LogP contribution in [-0.4, -0.2) is 48.2 Å². The topological polar surface area (TPSA) is 61.6 Å². The number of methoxy groups -OCH3 is 1. The number of ether oxygens (including phenoxy) is 3. The van der Waals surface area contributed by atoms with Gasteiger partial charge in [-0.2, -0.15) is 0 Å². The van der Waals surface area contributed by atoms with Crippen LogP contribution in [0.15, 0.2) is 54.6 Å². The van der Waals surface area contributed by atoms with E-state index in [9.17, 15) is 4.39 Å². The fourth-order valence-electron chi connectivity index (χ4n) is 3.81. The van der Waals surface area contributed by atoms with Crippen LogP contribution < -0.4 is 4.90 Å². The predicted molar refractivity (Wildman–Crippen MR) is 119 cm³/mol. The van der Waals surface area contributed by atoms with Gasteiger partial charge in [-0.3, -0.25) is 4.57 Å². The Labute approximate surface area is 187 Å². The quantitative estimate of drug-likeness (QED) is 0.448. The van der Waals surface area contributed by atoms with Crippen molar-refractivity contribution in [2.24, 2.45) is 0 Å². The third-order valence-electron chi connectivity index (χ3n) is 5.47. The van der Waals surface area contributed by atoms with Gasteiger partial charge in [-0.1, -0.05) is 42.5 Å². The third-order valence-corrected chi connectivity index (χ3v) is 5.47.